The Bertz CT molecular complexity index is 476. The van der Waals surface area contributed by atoms with Gasteiger partial charge in [-0.25, -0.2) is 4.68 Å². The standard InChI is InChI=1S/C14H20N4/c1-3-5-14-12(10-15-4-2)11-17-18(14)13-6-8-16-9-7-13/h6-9,11,15H,3-5,10H2,1-2H3. The van der Waals surface area contributed by atoms with Crippen LogP contribution < -0.4 is 5.32 Å². The molecule has 0 fully saturated rings. The Labute approximate surface area is 108 Å². The lowest BCUT2D eigenvalue weighted by Gasteiger charge is -2.09. The van der Waals surface area contributed by atoms with Crippen LogP contribution in [0.5, 0.6) is 0 Å². The Balaban J connectivity index is 2.32. The van der Waals surface area contributed by atoms with Gasteiger partial charge in [0, 0.05) is 30.2 Å². The summed E-state index contributed by atoms with van der Waals surface area (Å²) >= 11 is 0. The van der Waals surface area contributed by atoms with Crippen molar-refractivity contribution in [3.05, 3.63) is 42.0 Å². The van der Waals surface area contributed by atoms with E-state index in [1.807, 2.05) is 23.0 Å². The predicted molar refractivity (Wildman–Crippen MR) is 72.7 cm³/mol. The Morgan fingerprint density at radius 1 is 1.22 bits per heavy atom. The number of hydrogen-bond acceptors (Lipinski definition) is 3. The third-order valence-electron chi connectivity index (χ3n) is 2.91. The van der Waals surface area contributed by atoms with Crippen molar-refractivity contribution in [2.24, 2.45) is 0 Å². The first-order chi connectivity index (χ1) is 8.86. The number of pyridine rings is 1. The minimum absolute atomic E-state index is 0.886. The van der Waals surface area contributed by atoms with Crippen LogP contribution in [0, 0.1) is 0 Å². The number of nitrogens with one attached hydrogen (secondary N) is 1. The summed E-state index contributed by atoms with van der Waals surface area (Å²) in [4.78, 5) is 4.05. The molecule has 0 unspecified atom stereocenters. The largest absolute Gasteiger partial charge is 0.313 e. The average Bonchev–Trinajstić information content (AvgIpc) is 2.81. The van der Waals surface area contributed by atoms with Crippen molar-refractivity contribution >= 4 is 0 Å². The maximum absolute atomic E-state index is 4.51. The van der Waals surface area contributed by atoms with Crippen LogP contribution in [0.25, 0.3) is 5.69 Å². The molecule has 0 atom stereocenters. The molecule has 4 nitrogen and oxygen atoms in total. The molecule has 0 saturated heterocycles. The molecule has 0 spiro atoms. The second-order valence-corrected chi connectivity index (χ2v) is 4.26. The first kappa shape index (κ1) is 12.8. The highest BCUT2D eigenvalue weighted by molar-refractivity contribution is 5.33. The summed E-state index contributed by atoms with van der Waals surface area (Å²) < 4.78 is 2.03. The van der Waals surface area contributed by atoms with Crippen molar-refractivity contribution in [2.75, 3.05) is 6.54 Å². The van der Waals surface area contributed by atoms with Crippen LogP contribution in [0.4, 0.5) is 0 Å². The van der Waals surface area contributed by atoms with Gasteiger partial charge in [0.05, 0.1) is 11.9 Å². The molecule has 0 bridgehead atoms. The van der Waals surface area contributed by atoms with Crippen LogP contribution in [0.1, 0.15) is 31.5 Å². The normalized spacial score (nSPS) is 10.8. The lowest BCUT2D eigenvalue weighted by atomic mass is 10.1. The van der Waals surface area contributed by atoms with E-state index < -0.39 is 0 Å². The lowest BCUT2D eigenvalue weighted by molar-refractivity contribution is 0.707. The van der Waals surface area contributed by atoms with Crippen LogP contribution in [-0.2, 0) is 13.0 Å². The summed E-state index contributed by atoms with van der Waals surface area (Å²) in [7, 11) is 0. The third kappa shape index (κ3) is 2.76. The molecule has 96 valence electrons. The maximum Gasteiger partial charge on any atom is 0.0679 e. The zero-order valence-corrected chi connectivity index (χ0v) is 11.1. The SMILES string of the molecule is CCCc1c(CNCC)cnn1-c1ccncc1. The average molecular weight is 244 g/mol. The smallest absolute Gasteiger partial charge is 0.0679 e. The molecular formula is C14H20N4. The fourth-order valence-electron chi connectivity index (χ4n) is 2.03. The molecule has 2 rings (SSSR count). The molecular weight excluding hydrogens is 224 g/mol. The molecule has 0 aliphatic carbocycles. The maximum atomic E-state index is 4.51. The minimum Gasteiger partial charge on any atom is -0.313 e. The first-order valence-corrected chi connectivity index (χ1v) is 6.53. The van der Waals surface area contributed by atoms with Gasteiger partial charge < -0.3 is 5.32 Å². The number of nitrogens with zero attached hydrogens (tertiary/aromatic N) is 3. The molecule has 18 heavy (non-hydrogen) atoms. The van der Waals surface area contributed by atoms with E-state index in [-0.39, 0.29) is 0 Å². The van der Waals surface area contributed by atoms with Crippen LogP contribution in [0.3, 0.4) is 0 Å². The second-order valence-electron chi connectivity index (χ2n) is 4.26. The molecule has 1 N–H and O–H groups in total. The number of hydrogen-bond donors (Lipinski definition) is 1. The molecule has 2 heterocycles. The Hall–Kier alpha value is -1.68. The summed E-state index contributed by atoms with van der Waals surface area (Å²) in [6, 6.07) is 3.98. The van der Waals surface area contributed by atoms with Gasteiger partial charge in [0.15, 0.2) is 0 Å². The topological polar surface area (TPSA) is 42.7 Å². The van der Waals surface area contributed by atoms with Gasteiger partial charge in [-0.15, -0.1) is 0 Å². The summed E-state index contributed by atoms with van der Waals surface area (Å²) in [5, 5.41) is 7.87. The van der Waals surface area contributed by atoms with Gasteiger partial charge in [-0.1, -0.05) is 20.3 Å². The van der Waals surface area contributed by atoms with E-state index in [1.165, 1.54) is 11.3 Å². The van der Waals surface area contributed by atoms with Crippen molar-refractivity contribution < 1.29 is 0 Å². The van der Waals surface area contributed by atoms with E-state index in [2.05, 4.69) is 29.2 Å². The van der Waals surface area contributed by atoms with Gasteiger partial charge in [-0.2, -0.15) is 5.10 Å². The third-order valence-corrected chi connectivity index (χ3v) is 2.91. The Morgan fingerprint density at radius 3 is 2.67 bits per heavy atom. The van der Waals surface area contributed by atoms with E-state index in [1.54, 1.807) is 12.4 Å². The summed E-state index contributed by atoms with van der Waals surface area (Å²) in [5.74, 6) is 0. The Kier molecular flexibility index (Phi) is 4.47. The van der Waals surface area contributed by atoms with Crippen molar-refractivity contribution in [3.8, 4) is 5.69 Å². The zero-order chi connectivity index (χ0) is 12.8. The highest BCUT2D eigenvalue weighted by atomic mass is 15.3. The second kappa shape index (κ2) is 6.31. The van der Waals surface area contributed by atoms with Crippen LogP contribution >= 0.6 is 0 Å². The van der Waals surface area contributed by atoms with E-state index >= 15 is 0 Å². The fourth-order valence-corrected chi connectivity index (χ4v) is 2.03. The summed E-state index contributed by atoms with van der Waals surface area (Å²) in [6.07, 6.45) is 7.74. The van der Waals surface area contributed by atoms with Crippen molar-refractivity contribution in [1.82, 2.24) is 20.1 Å². The van der Waals surface area contributed by atoms with Crippen molar-refractivity contribution in [3.63, 3.8) is 0 Å². The Morgan fingerprint density at radius 2 is 2.00 bits per heavy atom. The van der Waals surface area contributed by atoms with Gasteiger partial charge in [0.25, 0.3) is 0 Å². The number of aromatic nitrogens is 3. The highest BCUT2D eigenvalue weighted by Crippen LogP contribution is 2.16. The first-order valence-electron chi connectivity index (χ1n) is 6.53. The quantitative estimate of drug-likeness (QED) is 0.848. The van der Waals surface area contributed by atoms with Gasteiger partial charge in [-0.05, 0) is 25.1 Å². The van der Waals surface area contributed by atoms with Gasteiger partial charge in [0.1, 0.15) is 0 Å². The molecule has 0 aliphatic heterocycles. The van der Waals surface area contributed by atoms with Gasteiger partial charge in [-0.3, -0.25) is 4.98 Å². The van der Waals surface area contributed by atoms with Gasteiger partial charge in [0.2, 0.25) is 0 Å². The lowest BCUT2D eigenvalue weighted by Crippen LogP contribution is -2.13. The predicted octanol–water partition coefficient (Wildman–Crippen LogP) is 2.33. The van der Waals surface area contributed by atoms with Gasteiger partial charge >= 0.3 is 0 Å². The van der Waals surface area contributed by atoms with E-state index in [0.717, 1.165) is 31.6 Å². The van der Waals surface area contributed by atoms with Crippen molar-refractivity contribution in [2.45, 2.75) is 33.2 Å². The summed E-state index contributed by atoms with van der Waals surface area (Å²) in [6.45, 7) is 6.18. The monoisotopic (exact) mass is 244 g/mol. The van der Waals surface area contributed by atoms with Crippen LogP contribution in [0.15, 0.2) is 30.7 Å². The highest BCUT2D eigenvalue weighted by Gasteiger charge is 2.10. The molecule has 4 heteroatoms. The number of rotatable bonds is 6. The fraction of sp³-hybridized carbons (Fsp3) is 0.429. The minimum atomic E-state index is 0.886. The van der Waals surface area contributed by atoms with E-state index in [0.29, 0.717) is 0 Å². The van der Waals surface area contributed by atoms with E-state index in [4.69, 9.17) is 0 Å². The molecule has 0 saturated carbocycles. The molecule has 0 radical (unpaired) electrons. The molecule has 0 aromatic carbocycles. The molecule has 0 amide bonds. The van der Waals surface area contributed by atoms with Crippen LogP contribution in [-0.4, -0.2) is 21.3 Å². The summed E-state index contributed by atoms with van der Waals surface area (Å²) in [5.41, 5.74) is 3.66. The van der Waals surface area contributed by atoms with Crippen molar-refractivity contribution in [1.29, 1.82) is 0 Å². The van der Waals surface area contributed by atoms with Crippen LogP contribution in [0.2, 0.25) is 0 Å². The van der Waals surface area contributed by atoms with E-state index in [9.17, 15) is 0 Å². The zero-order valence-electron chi connectivity index (χ0n) is 11.1. The molecule has 2 aromatic heterocycles. The molecule has 2 aromatic rings. The molecule has 0 aliphatic rings.